The van der Waals surface area contributed by atoms with Crippen LogP contribution in [0, 0.1) is 6.92 Å². The lowest BCUT2D eigenvalue weighted by Gasteiger charge is -2.29. The van der Waals surface area contributed by atoms with Crippen LogP contribution in [-0.2, 0) is 0 Å². The van der Waals surface area contributed by atoms with Gasteiger partial charge in [-0.1, -0.05) is 6.07 Å². The number of hydrogen-bond donors (Lipinski definition) is 1. The number of methoxy groups -OCH3 is 1. The fourth-order valence-electron chi connectivity index (χ4n) is 5.02. The van der Waals surface area contributed by atoms with Crippen molar-refractivity contribution in [2.24, 2.45) is 0 Å². The van der Waals surface area contributed by atoms with E-state index in [1.165, 1.54) is 0 Å². The molecular formula is C31H27N5O2S. The highest BCUT2D eigenvalue weighted by Crippen LogP contribution is 2.43. The molecule has 1 N–H and O–H groups in total. The third-order valence-corrected chi connectivity index (χ3v) is 7.14. The molecule has 2 aromatic carbocycles. The summed E-state index contributed by atoms with van der Waals surface area (Å²) in [6.45, 7) is 2.10. The van der Waals surface area contributed by atoms with Gasteiger partial charge in [0, 0.05) is 29.5 Å². The molecule has 1 aliphatic heterocycles. The zero-order valence-corrected chi connectivity index (χ0v) is 22.4. The van der Waals surface area contributed by atoms with Crippen molar-refractivity contribution in [3.8, 4) is 22.9 Å². The first-order valence-electron chi connectivity index (χ1n) is 12.6. The van der Waals surface area contributed by atoms with Crippen LogP contribution in [0.15, 0.2) is 110 Å². The maximum atomic E-state index is 6.06. The Hall–Kier alpha value is -4.69. The predicted octanol–water partition coefficient (Wildman–Crippen LogP) is 6.55. The smallest absolute Gasteiger partial charge is 0.174 e. The summed E-state index contributed by atoms with van der Waals surface area (Å²) >= 11 is 5.93. The molecular weight excluding hydrogens is 506 g/mol. The van der Waals surface area contributed by atoms with Crippen molar-refractivity contribution in [3.63, 3.8) is 0 Å². The van der Waals surface area contributed by atoms with E-state index >= 15 is 0 Å². The lowest BCUT2D eigenvalue weighted by atomic mass is 10.0. The standard InChI is InChI=1S/C31H27N5O2S/c1-21-8-17-28(35(21)23-6-5-18-32-20-23)30-29(27-7-3-4-19-33-27)34-31(39)36(30)22-9-11-25(12-10-22)38-26-15-13-24(37-2)14-16-26/h3-20,29-30H,1-2H3,(H,34,39)/t29-,30-/m0/s1. The Kier molecular flexibility index (Phi) is 6.69. The molecule has 4 heterocycles. The number of hydrogen-bond acceptors (Lipinski definition) is 5. The number of anilines is 1. The summed E-state index contributed by atoms with van der Waals surface area (Å²) in [5.41, 5.74) is 5.06. The Morgan fingerprint density at radius 2 is 1.54 bits per heavy atom. The van der Waals surface area contributed by atoms with Crippen molar-refractivity contribution >= 4 is 23.0 Å². The first-order chi connectivity index (χ1) is 19.1. The maximum absolute atomic E-state index is 6.06. The lowest BCUT2D eigenvalue weighted by molar-refractivity contribution is 0.413. The van der Waals surface area contributed by atoms with Crippen LogP contribution in [0.2, 0.25) is 0 Å². The minimum atomic E-state index is -0.158. The minimum absolute atomic E-state index is 0.154. The monoisotopic (exact) mass is 533 g/mol. The van der Waals surface area contributed by atoms with E-state index in [1.54, 1.807) is 13.3 Å². The lowest BCUT2D eigenvalue weighted by Crippen LogP contribution is -2.30. The Labute approximate surface area is 232 Å². The van der Waals surface area contributed by atoms with E-state index in [0.717, 1.165) is 45.7 Å². The van der Waals surface area contributed by atoms with Crippen molar-refractivity contribution in [1.82, 2.24) is 19.9 Å². The summed E-state index contributed by atoms with van der Waals surface area (Å²) in [6.07, 6.45) is 5.48. The van der Waals surface area contributed by atoms with Gasteiger partial charge in [0.2, 0.25) is 0 Å². The van der Waals surface area contributed by atoms with E-state index in [2.05, 4.69) is 49.9 Å². The van der Waals surface area contributed by atoms with Crippen molar-refractivity contribution in [3.05, 3.63) is 127 Å². The van der Waals surface area contributed by atoms with Gasteiger partial charge in [0.25, 0.3) is 0 Å². The van der Waals surface area contributed by atoms with E-state index in [-0.39, 0.29) is 12.1 Å². The molecule has 0 spiro atoms. The minimum Gasteiger partial charge on any atom is -0.497 e. The molecule has 0 saturated carbocycles. The molecule has 5 aromatic rings. The highest BCUT2D eigenvalue weighted by atomic mass is 32.1. The molecule has 1 aliphatic rings. The molecule has 8 heteroatoms. The van der Waals surface area contributed by atoms with Gasteiger partial charge in [-0.2, -0.15) is 0 Å². The second kappa shape index (κ2) is 10.6. The molecule has 0 unspecified atom stereocenters. The second-order valence-electron chi connectivity index (χ2n) is 9.21. The zero-order chi connectivity index (χ0) is 26.8. The Morgan fingerprint density at radius 3 is 2.21 bits per heavy atom. The number of nitrogens with one attached hydrogen (secondary N) is 1. The van der Waals surface area contributed by atoms with Gasteiger partial charge >= 0.3 is 0 Å². The van der Waals surface area contributed by atoms with Crippen LogP contribution < -0.4 is 19.7 Å². The summed E-state index contributed by atoms with van der Waals surface area (Å²) in [4.78, 5) is 11.2. The van der Waals surface area contributed by atoms with E-state index in [1.807, 2.05) is 85.2 Å². The Balaban J connectivity index is 1.38. The van der Waals surface area contributed by atoms with Crippen molar-refractivity contribution in [2.75, 3.05) is 12.0 Å². The largest absolute Gasteiger partial charge is 0.497 e. The van der Waals surface area contributed by atoms with E-state index in [0.29, 0.717) is 5.11 Å². The SMILES string of the molecule is COc1ccc(Oc2ccc(N3C(=S)N[C@@H](c4ccccn4)[C@@H]3c3ccc(C)n3-c3cccnc3)cc2)cc1. The summed E-state index contributed by atoms with van der Waals surface area (Å²) in [5, 5.41) is 4.18. The van der Waals surface area contributed by atoms with Gasteiger partial charge in [-0.3, -0.25) is 9.97 Å². The van der Waals surface area contributed by atoms with Crippen molar-refractivity contribution < 1.29 is 9.47 Å². The van der Waals surface area contributed by atoms with Gasteiger partial charge < -0.3 is 24.3 Å². The highest BCUT2D eigenvalue weighted by molar-refractivity contribution is 7.80. The normalized spacial score (nSPS) is 16.7. The number of aryl methyl sites for hydroxylation is 1. The molecule has 1 fully saturated rings. The van der Waals surface area contributed by atoms with Crippen LogP contribution in [0.1, 0.15) is 29.2 Å². The van der Waals surface area contributed by atoms with Gasteiger partial charge in [0.05, 0.1) is 30.7 Å². The zero-order valence-electron chi connectivity index (χ0n) is 21.6. The Bertz CT molecular complexity index is 1570. The molecule has 0 amide bonds. The van der Waals surface area contributed by atoms with Crippen LogP contribution in [0.4, 0.5) is 5.69 Å². The fourth-order valence-corrected chi connectivity index (χ4v) is 5.36. The van der Waals surface area contributed by atoms with Gasteiger partial charge in [0.1, 0.15) is 23.3 Å². The summed E-state index contributed by atoms with van der Waals surface area (Å²) in [6, 6.07) is 29.4. The second-order valence-corrected chi connectivity index (χ2v) is 9.60. The number of ether oxygens (including phenoxy) is 2. The first-order valence-corrected chi connectivity index (χ1v) is 13.0. The fraction of sp³-hybridized carbons (Fsp3) is 0.129. The molecule has 6 rings (SSSR count). The van der Waals surface area contributed by atoms with Gasteiger partial charge in [-0.25, -0.2) is 0 Å². The van der Waals surface area contributed by atoms with Gasteiger partial charge in [0.15, 0.2) is 5.11 Å². The Morgan fingerprint density at radius 1 is 0.795 bits per heavy atom. The summed E-state index contributed by atoms with van der Waals surface area (Å²) < 4.78 is 13.5. The van der Waals surface area contributed by atoms with Gasteiger partial charge in [-0.15, -0.1) is 0 Å². The topological polar surface area (TPSA) is 64.4 Å². The van der Waals surface area contributed by atoms with Gasteiger partial charge in [-0.05, 0) is 104 Å². The van der Waals surface area contributed by atoms with Crippen LogP contribution in [0.25, 0.3) is 5.69 Å². The number of aromatic nitrogens is 3. The molecule has 3 aromatic heterocycles. The molecule has 0 aliphatic carbocycles. The molecule has 39 heavy (non-hydrogen) atoms. The maximum Gasteiger partial charge on any atom is 0.174 e. The average molecular weight is 534 g/mol. The molecule has 0 bridgehead atoms. The number of rotatable bonds is 7. The molecule has 1 saturated heterocycles. The van der Waals surface area contributed by atoms with E-state index < -0.39 is 0 Å². The summed E-state index contributed by atoms with van der Waals surface area (Å²) in [5.74, 6) is 2.25. The van der Waals surface area contributed by atoms with Crippen LogP contribution in [-0.4, -0.2) is 26.8 Å². The summed E-state index contributed by atoms with van der Waals surface area (Å²) in [7, 11) is 1.65. The van der Waals surface area contributed by atoms with E-state index in [9.17, 15) is 0 Å². The van der Waals surface area contributed by atoms with Crippen LogP contribution >= 0.6 is 12.2 Å². The van der Waals surface area contributed by atoms with Crippen LogP contribution in [0.3, 0.4) is 0 Å². The third kappa shape index (κ3) is 4.82. The quantitative estimate of drug-likeness (QED) is 0.238. The first kappa shape index (κ1) is 24.6. The number of pyridine rings is 2. The third-order valence-electron chi connectivity index (χ3n) is 6.82. The predicted molar refractivity (Wildman–Crippen MR) is 156 cm³/mol. The molecule has 7 nitrogen and oxygen atoms in total. The number of nitrogens with zero attached hydrogens (tertiary/aromatic N) is 4. The highest BCUT2D eigenvalue weighted by Gasteiger charge is 2.42. The molecule has 2 atom stereocenters. The number of thiocarbonyl (C=S) groups is 1. The molecule has 194 valence electrons. The van der Waals surface area contributed by atoms with E-state index in [4.69, 9.17) is 21.7 Å². The van der Waals surface area contributed by atoms with Crippen LogP contribution in [0.5, 0.6) is 17.2 Å². The van der Waals surface area contributed by atoms with Crippen molar-refractivity contribution in [2.45, 2.75) is 19.0 Å². The number of benzene rings is 2. The average Bonchev–Trinajstić information content (AvgIpc) is 3.54. The van der Waals surface area contributed by atoms with Crippen molar-refractivity contribution in [1.29, 1.82) is 0 Å². The molecule has 0 radical (unpaired) electrons.